The predicted molar refractivity (Wildman–Crippen MR) is 72.2 cm³/mol. The molecule has 0 atom stereocenters. The molecule has 0 aliphatic carbocycles. The van der Waals surface area contributed by atoms with Crippen molar-refractivity contribution in [1.29, 1.82) is 0 Å². The molecule has 0 spiro atoms. The van der Waals surface area contributed by atoms with E-state index in [2.05, 4.69) is 10.6 Å². The lowest BCUT2D eigenvalue weighted by molar-refractivity contribution is -0.114. The third-order valence-electron chi connectivity index (χ3n) is 2.13. The number of benzene rings is 1. The second-order valence-corrected chi connectivity index (χ2v) is 4.63. The minimum Gasteiger partial charge on any atom is -0.383 e. The number of anilines is 2. The van der Waals surface area contributed by atoms with Gasteiger partial charge in [0, 0.05) is 19.2 Å². The van der Waals surface area contributed by atoms with E-state index in [-0.39, 0.29) is 11.7 Å². The number of halogens is 1. The number of hydrogen-bond acceptors (Lipinski definition) is 3. The van der Waals surface area contributed by atoms with Gasteiger partial charge in [0.1, 0.15) is 5.82 Å². The molecule has 0 saturated carbocycles. The van der Waals surface area contributed by atoms with Gasteiger partial charge in [0.25, 0.3) is 0 Å². The Hall–Kier alpha value is -1.23. The normalized spacial score (nSPS) is 10.1. The molecule has 1 amide bonds. The zero-order valence-electron chi connectivity index (χ0n) is 10.0. The summed E-state index contributed by atoms with van der Waals surface area (Å²) in [6.07, 6.45) is 3.02. The summed E-state index contributed by atoms with van der Waals surface area (Å²) in [4.78, 5) is 10.9. The molecular weight excluding hydrogens is 239 g/mol. The molecule has 0 unspecified atom stereocenters. The Morgan fingerprint density at radius 3 is 2.88 bits per heavy atom. The van der Waals surface area contributed by atoms with Crippen molar-refractivity contribution in [1.82, 2.24) is 0 Å². The summed E-state index contributed by atoms with van der Waals surface area (Å²) in [7, 11) is 0. The molecule has 3 nitrogen and oxygen atoms in total. The quantitative estimate of drug-likeness (QED) is 0.769. The summed E-state index contributed by atoms with van der Waals surface area (Å²) in [5.41, 5.74) is 1.03. The minimum atomic E-state index is -0.303. The van der Waals surface area contributed by atoms with E-state index in [1.54, 1.807) is 23.9 Å². The molecule has 0 heterocycles. The van der Waals surface area contributed by atoms with Crippen LogP contribution in [0.3, 0.4) is 0 Å². The van der Waals surface area contributed by atoms with E-state index in [0.29, 0.717) is 11.4 Å². The number of rotatable bonds is 6. The lowest BCUT2D eigenvalue weighted by Gasteiger charge is -2.09. The summed E-state index contributed by atoms with van der Waals surface area (Å²) in [6.45, 7) is 2.15. The molecule has 0 saturated heterocycles. The molecule has 5 heteroatoms. The molecule has 0 aromatic heterocycles. The van der Waals surface area contributed by atoms with Crippen LogP contribution in [0.5, 0.6) is 0 Å². The molecule has 0 aliphatic rings. The van der Waals surface area contributed by atoms with Crippen LogP contribution in [0.25, 0.3) is 0 Å². The highest BCUT2D eigenvalue weighted by Crippen LogP contribution is 2.19. The first-order valence-electron chi connectivity index (χ1n) is 5.43. The largest absolute Gasteiger partial charge is 0.383 e. The van der Waals surface area contributed by atoms with Crippen LogP contribution >= 0.6 is 11.8 Å². The molecule has 1 aromatic rings. The van der Waals surface area contributed by atoms with Crippen LogP contribution < -0.4 is 10.6 Å². The van der Waals surface area contributed by atoms with E-state index in [0.717, 1.165) is 18.7 Å². The molecule has 1 rings (SSSR count). The van der Waals surface area contributed by atoms with Crippen LogP contribution in [-0.4, -0.2) is 24.5 Å². The van der Waals surface area contributed by atoms with Gasteiger partial charge in [0.15, 0.2) is 0 Å². The predicted octanol–water partition coefficient (Wildman–Crippen LogP) is 2.95. The number of carbonyl (C=O) groups excluding carboxylic acids is 1. The number of hydrogen-bond donors (Lipinski definition) is 2. The summed E-state index contributed by atoms with van der Waals surface area (Å²) in [6, 6.07) is 4.50. The minimum absolute atomic E-state index is 0.162. The smallest absolute Gasteiger partial charge is 0.221 e. The molecule has 2 N–H and O–H groups in total. The molecule has 94 valence electrons. The zero-order valence-corrected chi connectivity index (χ0v) is 10.9. The summed E-state index contributed by atoms with van der Waals surface area (Å²) < 4.78 is 13.4. The Kier molecular flexibility index (Phi) is 5.83. The fourth-order valence-corrected chi connectivity index (χ4v) is 1.81. The van der Waals surface area contributed by atoms with Gasteiger partial charge >= 0.3 is 0 Å². The first kappa shape index (κ1) is 13.8. The lowest BCUT2D eigenvalue weighted by atomic mass is 10.2. The van der Waals surface area contributed by atoms with Crippen molar-refractivity contribution in [2.24, 2.45) is 0 Å². The Morgan fingerprint density at radius 2 is 2.24 bits per heavy atom. The maximum absolute atomic E-state index is 13.4. The maximum atomic E-state index is 13.4. The van der Waals surface area contributed by atoms with Gasteiger partial charge in [-0.15, -0.1) is 0 Å². The second kappa shape index (κ2) is 7.17. The van der Waals surface area contributed by atoms with Crippen molar-refractivity contribution in [2.75, 3.05) is 29.2 Å². The average Bonchev–Trinajstić information content (AvgIpc) is 2.28. The molecule has 17 heavy (non-hydrogen) atoms. The first-order chi connectivity index (χ1) is 8.13. The summed E-state index contributed by atoms with van der Waals surface area (Å²) in [5.74, 6) is 0.577. The van der Waals surface area contributed by atoms with Gasteiger partial charge in [-0.25, -0.2) is 4.39 Å². The van der Waals surface area contributed by atoms with Crippen LogP contribution in [0.2, 0.25) is 0 Å². The topological polar surface area (TPSA) is 41.1 Å². The summed E-state index contributed by atoms with van der Waals surface area (Å²) >= 11 is 1.76. The van der Waals surface area contributed by atoms with E-state index < -0.39 is 0 Å². The van der Waals surface area contributed by atoms with Crippen LogP contribution in [0.15, 0.2) is 18.2 Å². The molecule has 0 fully saturated rings. The molecular formula is C12H17FN2OS. The van der Waals surface area contributed by atoms with Crippen LogP contribution in [-0.2, 0) is 4.79 Å². The standard InChI is InChI=1S/C12H17FN2OS/c1-9(16)15-10-4-5-11(13)12(8-10)14-6-3-7-17-2/h4-5,8,14H,3,6-7H2,1-2H3,(H,15,16). The fraction of sp³-hybridized carbons (Fsp3) is 0.417. The van der Waals surface area contributed by atoms with Crippen molar-refractivity contribution in [3.63, 3.8) is 0 Å². The van der Waals surface area contributed by atoms with Gasteiger partial charge < -0.3 is 10.6 Å². The number of thioether (sulfide) groups is 1. The molecule has 0 aliphatic heterocycles. The lowest BCUT2D eigenvalue weighted by Crippen LogP contribution is -2.08. The highest BCUT2D eigenvalue weighted by Gasteiger charge is 2.03. The van der Waals surface area contributed by atoms with Crippen molar-refractivity contribution in [3.8, 4) is 0 Å². The Bertz CT molecular complexity index is 385. The van der Waals surface area contributed by atoms with Crippen molar-refractivity contribution >= 4 is 29.0 Å². The number of amides is 1. The Morgan fingerprint density at radius 1 is 1.47 bits per heavy atom. The third kappa shape index (κ3) is 5.08. The van der Waals surface area contributed by atoms with E-state index in [4.69, 9.17) is 0 Å². The van der Waals surface area contributed by atoms with E-state index >= 15 is 0 Å². The Balaban J connectivity index is 2.59. The highest BCUT2D eigenvalue weighted by molar-refractivity contribution is 7.98. The third-order valence-corrected chi connectivity index (χ3v) is 2.82. The van der Waals surface area contributed by atoms with Gasteiger partial charge in [-0.3, -0.25) is 4.79 Å². The average molecular weight is 256 g/mol. The van der Waals surface area contributed by atoms with E-state index in [1.165, 1.54) is 13.0 Å². The van der Waals surface area contributed by atoms with Crippen molar-refractivity contribution < 1.29 is 9.18 Å². The van der Waals surface area contributed by atoms with Gasteiger partial charge in [-0.05, 0) is 36.6 Å². The highest BCUT2D eigenvalue weighted by atomic mass is 32.2. The van der Waals surface area contributed by atoms with Gasteiger partial charge in [-0.2, -0.15) is 11.8 Å². The zero-order chi connectivity index (χ0) is 12.7. The Labute approximate surface area is 105 Å². The molecule has 0 radical (unpaired) electrons. The van der Waals surface area contributed by atoms with Gasteiger partial charge in [-0.1, -0.05) is 0 Å². The van der Waals surface area contributed by atoms with Gasteiger partial charge in [0.2, 0.25) is 5.91 Å². The number of carbonyl (C=O) groups is 1. The van der Waals surface area contributed by atoms with Crippen molar-refractivity contribution in [3.05, 3.63) is 24.0 Å². The maximum Gasteiger partial charge on any atom is 0.221 e. The fourth-order valence-electron chi connectivity index (χ4n) is 1.38. The van der Waals surface area contributed by atoms with E-state index in [9.17, 15) is 9.18 Å². The molecule has 0 bridgehead atoms. The van der Waals surface area contributed by atoms with Crippen LogP contribution in [0.1, 0.15) is 13.3 Å². The monoisotopic (exact) mass is 256 g/mol. The molecule has 1 aromatic carbocycles. The van der Waals surface area contributed by atoms with Gasteiger partial charge in [0.05, 0.1) is 5.69 Å². The van der Waals surface area contributed by atoms with E-state index in [1.807, 2.05) is 6.26 Å². The second-order valence-electron chi connectivity index (χ2n) is 3.65. The summed E-state index contributed by atoms with van der Waals surface area (Å²) in [5, 5.41) is 5.65. The first-order valence-corrected chi connectivity index (χ1v) is 6.83. The van der Waals surface area contributed by atoms with Crippen molar-refractivity contribution in [2.45, 2.75) is 13.3 Å². The van der Waals surface area contributed by atoms with Crippen LogP contribution in [0, 0.1) is 5.82 Å². The SMILES string of the molecule is CSCCCNc1cc(NC(C)=O)ccc1F. The number of nitrogens with one attached hydrogen (secondary N) is 2. The van der Waals surface area contributed by atoms with Crippen LogP contribution in [0.4, 0.5) is 15.8 Å².